The molecule has 0 radical (unpaired) electrons. The zero-order valence-corrected chi connectivity index (χ0v) is 11.4. The van der Waals surface area contributed by atoms with Crippen LogP contribution in [0.2, 0.25) is 0 Å². The Bertz CT molecular complexity index is 514. The summed E-state index contributed by atoms with van der Waals surface area (Å²) in [5.74, 6) is 0. The van der Waals surface area contributed by atoms with Gasteiger partial charge in [-0.05, 0) is 57.5 Å². The molecule has 1 heterocycles. The third-order valence-electron chi connectivity index (χ3n) is 3.13. The van der Waals surface area contributed by atoms with E-state index in [4.69, 9.17) is 0 Å². The topological polar surface area (TPSA) is 29.9 Å². The van der Waals surface area contributed by atoms with Crippen LogP contribution in [0.25, 0.3) is 5.69 Å². The average Bonchev–Trinajstić information content (AvgIpc) is 2.78. The van der Waals surface area contributed by atoms with Crippen LogP contribution in [0.15, 0.2) is 30.6 Å². The minimum absolute atomic E-state index is 1.05. The zero-order valence-electron chi connectivity index (χ0n) is 11.4. The van der Waals surface area contributed by atoms with Crippen molar-refractivity contribution in [1.82, 2.24) is 15.1 Å². The lowest BCUT2D eigenvalue weighted by Gasteiger charge is -2.06. The predicted molar refractivity (Wildman–Crippen MR) is 75.3 cm³/mol. The molecule has 0 amide bonds. The summed E-state index contributed by atoms with van der Waals surface area (Å²) in [4.78, 5) is 0. The first-order valence-corrected chi connectivity index (χ1v) is 6.46. The van der Waals surface area contributed by atoms with Crippen LogP contribution in [0, 0.1) is 13.8 Å². The van der Waals surface area contributed by atoms with E-state index in [0.29, 0.717) is 0 Å². The standard InChI is InChI=1S/C15H21N3/c1-12-6-7-15(13(2)9-12)18-11-14(10-17-18)5-4-8-16-3/h6-7,9-11,16H,4-5,8H2,1-3H3. The van der Waals surface area contributed by atoms with Gasteiger partial charge in [0.1, 0.15) is 0 Å². The lowest BCUT2D eigenvalue weighted by molar-refractivity contribution is 0.724. The van der Waals surface area contributed by atoms with Crippen LogP contribution in [0.3, 0.4) is 0 Å². The largest absolute Gasteiger partial charge is 0.320 e. The molecule has 1 N–H and O–H groups in total. The van der Waals surface area contributed by atoms with E-state index in [0.717, 1.165) is 19.4 Å². The fourth-order valence-electron chi connectivity index (χ4n) is 2.15. The van der Waals surface area contributed by atoms with Crippen LogP contribution in [-0.4, -0.2) is 23.4 Å². The van der Waals surface area contributed by atoms with Crippen molar-refractivity contribution in [2.24, 2.45) is 0 Å². The van der Waals surface area contributed by atoms with Gasteiger partial charge < -0.3 is 5.32 Å². The second kappa shape index (κ2) is 5.83. The van der Waals surface area contributed by atoms with Crippen molar-refractivity contribution < 1.29 is 0 Å². The van der Waals surface area contributed by atoms with Gasteiger partial charge in [-0.1, -0.05) is 17.7 Å². The number of hydrogen-bond acceptors (Lipinski definition) is 2. The number of nitrogens with zero attached hydrogens (tertiary/aromatic N) is 2. The summed E-state index contributed by atoms with van der Waals surface area (Å²) in [7, 11) is 1.99. The molecule has 2 aromatic rings. The van der Waals surface area contributed by atoms with Crippen molar-refractivity contribution in [1.29, 1.82) is 0 Å². The molecule has 2 rings (SSSR count). The number of hydrogen-bond donors (Lipinski definition) is 1. The number of aryl methyl sites for hydroxylation is 3. The van der Waals surface area contributed by atoms with Crippen LogP contribution < -0.4 is 5.32 Å². The third kappa shape index (κ3) is 2.99. The molecule has 0 atom stereocenters. The smallest absolute Gasteiger partial charge is 0.0674 e. The second-order valence-corrected chi connectivity index (χ2v) is 4.79. The Hall–Kier alpha value is -1.61. The van der Waals surface area contributed by atoms with Crippen molar-refractivity contribution >= 4 is 0 Å². The Balaban J connectivity index is 2.13. The molecular formula is C15H21N3. The maximum absolute atomic E-state index is 4.45. The van der Waals surface area contributed by atoms with Gasteiger partial charge in [0, 0.05) is 6.20 Å². The van der Waals surface area contributed by atoms with E-state index in [9.17, 15) is 0 Å². The van der Waals surface area contributed by atoms with Gasteiger partial charge in [0.15, 0.2) is 0 Å². The highest BCUT2D eigenvalue weighted by molar-refractivity contribution is 5.42. The molecule has 0 aliphatic rings. The highest BCUT2D eigenvalue weighted by atomic mass is 15.3. The highest BCUT2D eigenvalue weighted by Crippen LogP contribution is 2.15. The Morgan fingerprint density at radius 2 is 2.11 bits per heavy atom. The molecule has 0 fully saturated rings. The van der Waals surface area contributed by atoms with Crippen molar-refractivity contribution in [2.75, 3.05) is 13.6 Å². The van der Waals surface area contributed by atoms with Crippen molar-refractivity contribution in [3.8, 4) is 5.69 Å². The molecular weight excluding hydrogens is 222 g/mol. The summed E-state index contributed by atoms with van der Waals surface area (Å²) in [6.45, 7) is 5.29. The normalized spacial score (nSPS) is 10.8. The van der Waals surface area contributed by atoms with E-state index in [1.54, 1.807) is 0 Å². The van der Waals surface area contributed by atoms with Gasteiger partial charge in [-0.25, -0.2) is 4.68 Å². The number of aromatic nitrogens is 2. The fraction of sp³-hybridized carbons (Fsp3) is 0.400. The molecule has 0 bridgehead atoms. The van der Waals surface area contributed by atoms with Crippen LogP contribution in [0.5, 0.6) is 0 Å². The lowest BCUT2D eigenvalue weighted by atomic mass is 10.1. The second-order valence-electron chi connectivity index (χ2n) is 4.79. The molecule has 0 spiro atoms. The Labute approximate surface area is 109 Å². The first-order chi connectivity index (χ1) is 8.70. The number of benzene rings is 1. The summed E-state index contributed by atoms with van der Waals surface area (Å²) in [5, 5.41) is 7.62. The van der Waals surface area contributed by atoms with E-state index in [1.807, 2.05) is 17.9 Å². The zero-order chi connectivity index (χ0) is 13.0. The molecule has 1 aromatic heterocycles. The summed E-state index contributed by atoms with van der Waals surface area (Å²) in [6, 6.07) is 6.46. The monoisotopic (exact) mass is 243 g/mol. The fourth-order valence-corrected chi connectivity index (χ4v) is 2.15. The molecule has 0 saturated carbocycles. The highest BCUT2D eigenvalue weighted by Gasteiger charge is 2.04. The van der Waals surface area contributed by atoms with Gasteiger partial charge in [-0.3, -0.25) is 0 Å². The number of rotatable bonds is 5. The SMILES string of the molecule is CNCCCc1cnn(-c2ccc(C)cc2C)c1. The maximum atomic E-state index is 4.45. The quantitative estimate of drug-likeness (QED) is 0.818. The Kier molecular flexibility index (Phi) is 4.15. The molecule has 96 valence electrons. The predicted octanol–water partition coefficient (Wildman–Crippen LogP) is 2.64. The van der Waals surface area contributed by atoms with Crippen LogP contribution in [0.1, 0.15) is 23.1 Å². The van der Waals surface area contributed by atoms with Crippen molar-refractivity contribution in [3.05, 3.63) is 47.3 Å². The average molecular weight is 243 g/mol. The van der Waals surface area contributed by atoms with Crippen LogP contribution in [-0.2, 0) is 6.42 Å². The Morgan fingerprint density at radius 3 is 2.83 bits per heavy atom. The van der Waals surface area contributed by atoms with Crippen molar-refractivity contribution in [3.63, 3.8) is 0 Å². The third-order valence-corrected chi connectivity index (χ3v) is 3.13. The van der Waals surface area contributed by atoms with Gasteiger partial charge in [0.2, 0.25) is 0 Å². The number of nitrogens with one attached hydrogen (secondary N) is 1. The van der Waals surface area contributed by atoms with Gasteiger partial charge in [0.25, 0.3) is 0 Å². The molecule has 0 unspecified atom stereocenters. The van der Waals surface area contributed by atoms with Gasteiger partial charge in [-0.2, -0.15) is 5.10 Å². The van der Waals surface area contributed by atoms with Crippen LogP contribution in [0.4, 0.5) is 0 Å². The molecule has 3 nitrogen and oxygen atoms in total. The molecule has 0 saturated heterocycles. The van der Waals surface area contributed by atoms with E-state index < -0.39 is 0 Å². The summed E-state index contributed by atoms with van der Waals surface area (Å²) >= 11 is 0. The van der Waals surface area contributed by atoms with Gasteiger partial charge >= 0.3 is 0 Å². The van der Waals surface area contributed by atoms with Crippen LogP contribution >= 0.6 is 0 Å². The molecule has 18 heavy (non-hydrogen) atoms. The first kappa shape index (κ1) is 12.8. The maximum Gasteiger partial charge on any atom is 0.0674 e. The lowest BCUT2D eigenvalue weighted by Crippen LogP contribution is -2.08. The van der Waals surface area contributed by atoms with E-state index >= 15 is 0 Å². The molecule has 0 aliphatic heterocycles. The summed E-state index contributed by atoms with van der Waals surface area (Å²) < 4.78 is 1.98. The van der Waals surface area contributed by atoms with E-state index in [-0.39, 0.29) is 0 Å². The van der Waals surface area contributed by atoms with Gasteiger partial charge in [0.05, 0.1) is 11.9 Å². The van der Waals surface area contributed by atoms with E-state index in [2.05, 4.69) is 48.7 Å². The first-order valence-electron chi connectivity index (χ1n) is 6.46. The molecule has 3 heteroatoms. The van der Waals surface area contributed by atoms with E-state index in [1.165, 1.54) is 22.4 Å². The molecule has 1 aromatic carbocycles. The van der Waals surface area contributed by atoms with Gasteiger partial charge in [-0.15, -0.1) is 0 Å². The Morgan fingerprint density at radius 1 is 1.28 bits per heavy atom. The van der Waals surface area contributed by atoms with Crippen molar-refractivity contribution in [2.45, 2.75) is 26.7 Å². The summed E-state index contributed by atoms with van der Waals surface area (Å²) in [5.41, 5.74) is 5.02. The minimum atomic E-state index is 1.05. The summed E-state index contributed by atoms with van der Waals surface area (Å²) in [6.07, 6.45) is 6.32. The minimum Gasteiger partial charge on any atom is -0.320 e. The molecule has 0 aliphatic carbocycles.